The smallest absolute Gasteiger partial charge is 0.410 e. The van der Waals surface area contributed by atoms with Crippen LogP contribution in [-0.2, 0) is 17.8 Å². The van der Waals surface area contributed by atoms with E-state index >= 15 is 0 Å². The highest BCUT2D eigenvalue weighted by atomic mass is 35.5. The fraction of sp³-hybridized carbons (Fsp3) is 0.364. The molecule has 0 aromatic heterocycles. The van der Waals surface area contributed by atoms with E-state index in [2.05, 4.69) is 5.32 Å². The normalized spacial score (nSPS) is 11.6. The van der Waals surface area contributed by atoms with Gasteiger partial charge in [-0.1, -0.05) is 67.2 Å². The highest BCUT2D eigenvalue weighted by Crippen LogP contribution is 2.16. The molecule has 1 atom stereocenters. The first-order valence-electron chi connectivity index (χ1n) is 9.77. The molecule has 0 saturated carbocycles. The molecule has 0 saturated heterocycles. The van der Waals surface area contributed by atoms with Crippen molar-refractivity contribution >= 4 is 35.4 Å². The maximum atomic E-state index is 12.8. The van der Waals surface area contributed by atoms with Crippen LogP contribution < -0.4 is 5.32 Å². The summed E-state index contributed by atoms with van der Waals surface area (Å²) in [5.74, 6) is 0. The van der Waals surface area contributed by atoms with Gasteiger partial charge < -0.3 is 15.2 Å². The lowest BCUT2D eigenvalue weighted by atomic mass is 10.1. The number of ether oxygens (including phenoxy) is 1. The minimum absolute atomic E-state index is 0.0249. The van der Waals surface area contributed by atoms with Crippen LogP contribution in [0, 0.1) is 0 Å². The highest BCUT2D eigenvalue weighted by molar-refractivity contribution is 6.30. The zero-order valence-corrected chi connectivity index (χ0v) is 18.3. The van der Waals surface area contributed by atoms with Crippen LogP contribution in [0.25, 0.3) is 0 Å². The minimum Gasteiger partial charge on any atom is -0.465 e. The van der Waals surface area contributed by atoms with E-state index in [1.807, 2.05) is 31.2 Å². The summed E-state index contributed by atoms with van der Waals surface area (Å²) in [6.45, 7) is 2.64. The molecule has 0 fully saturated rings. The first kappa shape index (κ1) is 23.8. The fourth-order valence-corrected chi connectivity index (χ4v) is 3.14. The quantitative estimate of drug-likeness (QED) is 0.465. The molecule has 0 aliphatic heterocycles. The van der Waals surface area contributed by atoms with Crippen LogP contribution in [0.1, 0.15) is 37.3 Å². The molecule has 0 bridgehead atoms. The van der Waals surface area contributed by atoms with Crippen LogP contribution in [0.4, 0.5) is 9.59 Å². The van der Waals surface area contributed by atoms with Gasteiger partial charge in [-0.05, 0) is 41.8 Å². The molecule has 2 aromatic rings. The topological polar surface area (TPSA) is 78.9 Å². The Balaban J connectivity index is 2.08. The van der Waals surface area contributed by atoms with Crippen LogP contribution >= 0.6 is 23.2 Å². The van der Waals surface area contributed by atoms with Crippen LogP contribution in [0.2, 0.25) is 10.0 Å². The first-order chi connectivity index (χ1) is 14.4. The largest absolute Gasteiger partial charge is 0.465 e. The Morgan fingerprint density at radius 3 is 1.93 bits per heavy atom. The van der Waals surface area contributed by atoms with Crippen molar-refractivity contribution in [2.24, 2.45) is 0 Å². The predicted octanol–water partition coefficient (Wildman–Crippen LogP) is 5.96. The Morgan fingerprint density at radius 2 is 1.50 bits per heavy atom. The maximum Gasteiger partial charge on any atom is 0.410 e. The Kier molecular flexibility index (Phi) is 9.77. The number of carboxylic acid groups (broad SMARTS) is 1. The zero-order valence-electron chi connectivity index (χ0n) is 16.8. The van der Waals surface area contributed by atoms with Crippen LogP contribution in [0.15, 0.2) is 48.5 Å². The molecule has 30 heavy (non-hydrogen) atoms. The van der Waals surface area contributed by atoms with Gasteiger partial charge in [-0.2, -0.15) is 0 Å². The average Bonchev–Trinajstić information content (AvgIpc) is 2.72. The van der Waals surface area contributed by atoms with E-state index in [1.54, 1.807) is 29.2 Å². The van der Waals surface area contributed by atoms with E-state index in [0.29, 0.717) is 29.6 Å². The lowest BCUT2D eigenvalue weighted by molar-refractivity contribution is 0.0857. The van der Waals surface area contributed by atoms with Crippen molar-refractivity contribution in [3.05, 3.63) is 69.7 Å². The molecule has 0 heterocycles. The van der Waals surface area contributed by atoms with E-state index in [-0.39, 0.29) is 6.61 Å². The summed E-state index contributed by atoms with van der Waals surface area (Å²) in [6.07, 6.45) is 0.705. The maximum absolute atomic E-state index is 12.8. The highest BCUT2D eigenvalue weighted by Gasteiger charge is 2.19. The van der Waals surface area contributed by atoms with E-state index in [1.165, 1.54) is 0 Å². The van der Waals surface area contributed by atoms with Crippen LogP contribution in [0.5, 0.6) is 0 Å². The number of hydrogen-bond acceptors (Lipinski definition) is 3. The van der Waals surface area contributed by atoms with Gasteiger partial charge in [0.25, 0.3) is 0 Å². The van der Waals surface area contributed by atoms with Crippen molar-refractivity contribution in [3.8, 4) is 0 Å². The Labute approximate surface area is 186 Å². The van der Waals surface area contributed by atoms with Crippen molar-refractivity contribution in [1.29, 1.82) is 0 Å². The van der Waals surface area contributed by atoms with Gasteiger partial charge >= 0.3 is 12.2 Å². The van der Waals surface area contributed by atoms with E-state index in [9.17, 15) is 9.59 Å². The second-order valence-electron chi connectivity index (χ2n) is 6.97. The number of carbonyl (C=O) groups excluding carboxylic acids is 1. The monoisotopic (exact) mass is 452 g/mol. The molecule has 0 unspecified atom stereocenters. The molecule has 6 nitrogen and oxygen atoms in total. The molecule has 0 aliphatic rings. The molecule has 0 aliphatic carbocycles. The molecule has 0 spiro atoms. The Bertz CT molecular complexity index is 765. The van der Waals surface area contributed by atoms with Crippen LogP contribution in [0.3, 0.4) is 0 Å². The standard InChI is InChI=1S/C22H26Cl2N2O4/c1-2-3-4-20(25-21(27)28)15-30-22(29)26(13-16-5-9-18(23)10-6-16)14-17-7-11-19(24)12-8-17/h5-12,20,25H,2-4,13-15H2,1H3,(H,27,28)/t20-/m0/s1. The number of amides is 2. The molecule has 162 valence electrons. The number of carbonyl (C=O) groups is 2. The van der Waals surface area contributed by atoms with Crippen molar-refractivity contribution in [3.63, 3.8) is 0 Å². The van der Waals surface area contributed by atoms with Gasteiger partial charge in [-0.25, -0.2) is 9.59 Å². The lowest BCUT2D eigenvalue weighted by Crippen LogP contribution is -2.40. The molecular formula is C22H26Cl2N2O4. The summed E-state index contributed by atoms with van der Waals surface area (Å²) in [4.78, 5) is 25.4. The predicted molar refractivity (Wildman–Crippen MR) is 118 cm³/mol. The number of unbranched alkanes of at least 4 members (excludes halogenated alkanes) is 1. The van der Waals surface area contributed by atoms with E-state index in [4.69, 9.17) is 33.0 Å². The second-order valence-corrected chi connectivity index (χ2v) is 7.85. The van der Waals surface area contributed by atoms with E-state index < -0.39 is 18.2 Å². The number of nitrogens with one attached hydrogen (secondary N) is 1. The van der Waals surface area contributed by atoms with Gasteiger partial charge in [0, 0.05) is 23.1 Å². The summed E-state index contributed by atoms with van der Waals surface area (Å²) in [5.41, 5.74) is 1.80. The van der Waals surface area contributed by atoms with Crippen molar-refractivity contribution in [2.45, 2.75) is 45.3 Å². The summed E-state index contributed by atoms with van der Waals surface area (Å²) >= 11 is 11.9. The molecule has 2 rings (SSSR count). The third kappa shape index (κ3) is 8.51. The second kappa shape index (κ2) is 12.3. The number of rotatable bonds is 10. The summed E-state index contributed by atoms with van der Waals surface area (Å²) in [7, 11) is 0. The zero-order chi connectivity index (χ0) is 21.9. The Morgan fingerprint density at radius 1 is 1.00 bits per heavy atom. The molecule has 8 heteroatoms. The molecular weight excluding hydrogens is 427 g/mol. The number of nitrogens with zero attached hydrogens (tertiary/aromatic N) is 1. The SMILES string of the molecule is CCCC[C@@H](COC(=O)N(Cc1ccc(Cl)cc1)Cc1ccc(Cl)cc1)NC(=O)O. The van der Waals surface area contributed by atoms with Gasteiger partial charge in [-0.3, -0.25) is 4.90 Å². The molecule has 2 aromatic carbocycles. The van der Waals surface area contributed by atoms with Gasteiger partial charge in [0.15, 0.2) is 0 Å². The number of hydrogen-bond donors (Lipinski definition) is 2. The summed E-state index contributed by atoms with van der Waals surface area (Å²) in [5, 5.41) is 12.7. The number of benzene rings is 2. The van der Waals surface area contributed by atoms with Gasteiger partial charge in [-0.15, -0.1) is 0 Å². The lowest BCUT2D eigenvalue weighted by Gasteiger charge is -2.24. The first-order valence-corrected chi connectivity index (χ1v) is 10.5. The van der Waals surface area contributed by atoms with E-state index in [0.717, 1.165) is 24.0 Å². The van der Waals surface area contributed by atoms with Crippen LogP contribution in [-0.4, -0.2) is 34.8 Å². The third-order valence-electron chi connectivity index (χ3n) is 4.47. The third-order valence-corrected chi connectivity index (χ3v) is 4.98. The minimum atomic E-state index is -1.13. The van der Waals surface area contributed by atoms with Gasteiger partial charge in [0.05, 0.1) is 6.04 Å². The summed E-state index contributed by atoms with van der Waals surface area (Å²) in [6, 6.07) is 14.0. The molecule has 0 radical (unpaired) electrons. The molecule has 2 N–H and O–H groups in total. The van der Waals surface area contributed by atoms with Crippen molar-refractivity contribution in [2.75, 3.05) is 6.61 Å². The van der Waals surface area contributed by atoms with Crippen molar-refractivity contribution < 1.29 is 19.4 Å². The summed E-state index contributed by atoms with van der Waals surface area (Å²) < 4.78 is 5.47. The Hall–Kier alpha value is -2.44. The van der Waals surface area contributed by atoms with Gasteiger partial charge in [0.2, 0.25) is 0 Å². The fourth-order valence-electron chi connectivity index (χ4n) is 2.89. The van der Waals surface area contributed by atoms with Crippen molar-refractivity contribution in [1.82, 2.24) is 10.2 Å². The van der Waals surface area contributed by atoms with Gasteiger partial charge in [0.1, 0.15) is 6.61 Å². The number of halogens is 2. The molecule has 2 amide bonds. The average molecular weight is 453 g/mol.